The third-order valence-corrected chi connectivity index (χ3v) is 3.48. The standard InChI is InChI=1S/C13H22N4O.ClH/c1-2-11-8-12(17-16-11)13(18)15-7-5-10-4-3-6-14-9-10;/h8,10,14H,2-7,9H2,1H3,(H,15,18)(H,16,17);1H. The Morgan fingerprint density at radius 2 is 2.42 bits per heavy atom. The fourth-order valence-corrected chi connectivity index (χ4v) is 2.31. The van der Waals surface area contributed by atoms with Crippen LogP contribution in [0.5, 0.6) is 0 Å². The molecule has 1 aliphatic heterocycles. The Balaban J connectivity index is 0.00000180. The first-order chi connectivity index (χ1) is 8.79. The maximum absolute atomic E-state index is 11.8. The van der Waals surface area contributed by atoms with Crippen molar-refractivity contribution in [2.75, 3.05) is 19.6 Å². The summed E-state index contributed by atoms with van der Waals surface area (Å²) < 4.78 is 0. The van der Waals surface area contributed by atoms with Gasteiger partial charge in [0, 0.05) is 12.2 Å². The molecule has 2 heterocycles. The van der Waals surface area contributed by atoms with Crippen molar-refractivity contribution in [2.24, 2.45) is 5.92 Å². The van der Waals surface area contributed by atoms with Gasteiger partial charge in [-0.15, -0.1) is 12.4 Å². The number of piperidine rings is 1. The van der Waals surface area contributed by atoms with Gasteiger partial charge in [-0.25, -0.2) is 0 Å². The highest BCUT2D eigenvalue weighted by Crippen LogP contribution is 2.12. The molecule has 1 unspecified atom stereocenters. The van der Waals surface area contributed by atoms with Crippen molar-refractivity contribution < 1.29 is 4.79 Å². The highest BCUT2D eigenvalue weighted by Gasteiger charge is 2.14. The van der Waals surface area contributed by atoms with Crippen LogP contribution < -0.4 is 10.6 Å². The van der Waals surface area contributed by atoms with E-state index in [0.717, 1.165) is 38.2 Å². The molecule has 19 heavy (non-hydrogen) atoms. The molecule has 1 fully saturated rings. The van der Waals surface area contributed by atoms with E-state index in [-0.39, 0.29) is 18.3 Å². The highest BCUT2D eigenvalue weighted by atomic mass is 35.5. The summed E-state index contributed by atoms with van der Waals surface area (Å²) in [4.78, 5) is 11.8. The normalized spacial score (nSPS) is 18.7. The topological polar surface area (TPSA) is 69.8 Å². The number of carbonyl (C=O) groups is 1. The monoisotopic (exact) mass is 286 g/mol. The molecule has 3 N–H and O–H groups in total. The smallest absolute Gasteiger partial charge is 0.271 e. The number of hydrogen-bond acceptors (Lipinski definition) is 3. The van der Waals surface area contributed by atoms with Crippen LogP contribution >= 0.6 is 12.4 Å². The predicted octanol–water partition coefficient (Wildman–Crippen LogP) is 1.51. The van der Waals surface area contributed by atoms with Gasteiger partial charge >= 0.3 is 0 Å². The van der Waals surface area contributed by atoms with E-state index < -0.39 is 0 Å². The molecule has 2 rings (SSSR count). The minimum atomic E-state index is -0.0743. The zero-order chi connectivity index (χ0) is 12.8. The van der Waals surface area contributed by atoms with E-state index in [1.54, 1.807) is 0 Å². The van der Waals surface area contributed by atoms with Gasteiger partial charge in [0.2, 0.25) is 0 Å². The molecule has 6 heteroatoms. The van der Waals surface area contributed by atoms with E-state index in [1.165, 1.54) is 12.8 Å². The van der Waals surface area contributed by atoms with Crippen LogP contribution in [0.1, 0.15) is 42.4 Å². The van der Waals surface area contributed by atoms with Crippen molar-refractivity contribution in [3.8, 4) is 0 Å². The largest absolute Gasteiger partial charge is 0.351 e. The maximum atomic E-state index is 11.8. The number of H-pyrrole nitrogens is 1. The van der Waals surface area contributed by atoms with Crippen molar-refractivity contribution in [3.05, 3.63) is 17.5 Å². The molecule has 0 spiro atoms. The summed E-state index contributed by atoms with van der Waals surface area (Å²) in [6.07, 6.45) is 4.43. The third-order valence-electron chi connectivity index (χ3n) is 3.48. The molecule has 0 saturated carbocycles. The van der Waals surface area contributed by atoms with Crippen LogP contribution in [0.15, 0.2) is 6.07 Å². The molecule has 1 saturated heterocycles. The number of halogens is 1. The molecule has 5 nitrogen and oxygen atoms in total. The van der Waals surface area contributed by atoms with Crippen molar-refractivity contribution in [3.63, 3.8) is 0 Å². The first-order valence-corrected chi connectivity index (χ1v) is 6.82. The number of carbonyl (C=O) groups excluding carboxylic acids is 1. The van der Waals surface area contributed by atoms with Gasteiger partial charge in [-0.1, -0.05) is 6.92 Å². The van der Waals surface area contributed by atoms with Gasteiger partial charge in [-0.2, -0.15) is 5.10 Å². The predicted molar refractivity (Wildman–Crippen MR) is 77.8 cm³/mol. The van der Waals surface area contributed by atoms with Crippen molar-refractivity contribution in [1.29, 1.82) is 0 Å². The lowest BCUT2D eigenvalue weighted by Crippen LogP contribution is -2.33. The first kappa shape index (κ1) is 16.0. The van der Waals surface area contributed by atoms with Gasteiger partial charge in [-0.05, 0) is 50.8 Å². The number of nitrogens with one attached hydrogen (secondary N) is 3. The lowest BCUT2D eigenvalue weighted by atomic mass is 9.96. The minimum Gasteiger partial charge on any atom is -0.351 e. The Bertz CT molecular complexity index is 388. The number of aromatic nitrogens is 2. The van der Waals surface area contributed by atoms with E-state index in [9.17, 15) is 4.79 Å². The lowest BCUT2D eigenvalue weighted by molar-refractivity contribution is 0.0945. The third kappa shape index (κ3) is 4.84. The molecule has 1 amide bonds. The van der Waals surface area contributed by atoms with Crippen LogP contribution in [0.3, 0.4) is 0 Å². The Morgan fingerprint density at radius 3 is 3.05 bits per heavy atom. The second-order valence-corrected chi connectivity index (χ2v) is 4.89. The van der Waals surface area contributed by atoms with Crippen LogP contribution in [0.25, 0.3) is 0 Å². The number of amides is 1. The van der Waals surface area contributed by atoms with Gasteiger partial charge in [0.1, 0.15) is 5.69 Å². The molecular weight excluding hydrogens is 264 g/mol. The number of aryl methyl sites for hydroxylation is 1. The van der Waals surface area contributed by atoms with Crippen LogP contribution in [0.2, 0.25) is 0 Å². The van der Waals surface area contributed by atoms with Crippen LogP contribution in [-0.2, 0) is 6.42 Å². The fraction of sp³-hybridized carbons (Fsp3) is 0.692. The van der Waals surface area contributed by atoms with Crippen molar-refractivity contribution in [1.82, 2.24) is 20.8 Å². The number of nitrogens with zero attached hydrogens (tertiary/aromatic N) is 1. The highest BCUT2D eigenvalue weighted by molar-refractivity contribution is 5.92. The molecule has 0 aromatic carbocycles. The average Bonchev–Trinajstić information content (AvgIpc) is 2.89. The molecular formula is C13H23ClN4O. The average molecular weight is 287 g/mol. The van der Waals surface area contributed by atoms with E-state index >= 15 is 0 Å². The summed E-state index contributed by atoms with van der Waals surface area (Å²) in [7, 11) is 0. The molecule has 0 bridgehead atoms. The Morgan fingerprint density at radius 1 is 1.58 bits per heavy atom. The second-order valence-electron chi connectivity index (χ2n) is 4.89. The summed E-state index contributed by atoms with van der Waals surface area (Å²) in [5, 5.41) is 13.2. The minimum absolute atomic E-state index is 0. The zero-order valence-electron chi connectivity index (χ0n) is 11.4. The molecule has 0 aliphatic carbocycles. The van der Waals surface area contributed by atoms with Gasteiger partial charge < -0.3 is 10.6 Å². The number of rotatable bonds is 5. The summed E-state index contributed by atoms with van der Waals surface area (Å²) in [6, 6.07) is 1.82. The molecule has 108 valence electrons. The number of hydrogen-bond donors (Lipinski definition) is 3. The summed E-state index contributed by atoms with van der Waals surface area (Å²) >= 11 is 0. The zero-order valence-corrected chi connectivity index (χ0v) is 12.2. The van der Waals surface area contributed by atoms with Gasteiger partial charge in [-0.3, -0.25) is 9.89 Å². The van der Waals surface area contributed by atoms with Gasteiger partial charge in [0.25, 0.3) is 5.91 Å². The van der Waals surface area contributed by atoms with Crippen LogP contribution in [0.4, 0.5) is 0 Å². The van der Waals surface area contributed by atoms with E-state index in [1.807, 2.05) is 13.0 Å². The molecule has 1 aromatic rings. The van der Waals surface area contributed by atoms with Crippen molar-refractivity contribution >= 4 is 18.3 Å². The second kappa shape index (κ2) is 8.17. The van der Waals surface area contributed by atoms with Gasteiger partial charge in [0.05, 0.1) is 0 Å². The lowest BCUT2D eigenvalue weighted by Gasteiger charge is -2.22. The molecule has 0 radical (unpaired) electrons. The summed E-state index contributed by atoms with van der Waals surface area (Å²) in [5.74, 6) is 0.624. The van der Waals surface area contributed by atoms with Crippen LogP contribution in [-0.4, -0.2) is 35.7 Å². The Hall–Kier alpha value is -1.07. The van der Waals surface area contributed by atoms with Crippen LogP contribution in [0, 0.1) is 5.92 Å². The fourth-order valence-electron chi connectivity index (χ4n) is 2.31. The van der Waals surface area contributed by atoms with E-state index in [2.05, 4.69) is 20.8 Å². The molecule has 1 aliphatic rings. The summed E-state index contributed by atoms with van der Waals surface area (Å²) in [6.45, 7) is 4.99. The Labute approximate surface area is 120 Å². The van der Waals surface area contributed by atoms with E-state index in [4.69, 9.17) is 0 Å². The first-order valence-electron chi connectivity index (χ1n) is 6.82. The van der Waals surface area contributed by atoms with E-state index in [0.29, 0.717) is 11.6 Å². The Kier molecular flexibility index (Phi) is 6.87. The number of aromatic amines is 1. The maximum Gasteiger partial charge on any atom is 0.271 e. The molecule has 1 aromatic heterocycles. The van der Waals surface area contributed by atoms with Gasteiger partial charge in [0.15, 0.2) is 0 Å². The molecule has 1 atom stereocenters. The SMILES string of the molecule is CCc1cc(C(=O)NCCC2CCCNC2)n[nH]1.Cl. The van der Waals surface area contributed by atoms with Crippen molar-refractivity contribution in [2.45, 2.75) is 32.6 Å². The quantitative estimate of drug-likeness (QED) is 0.768. The summed E-state index contributed by atoms with van der Waals surface area (Å²) in [5.41, 5.74) is 1.49.